The Bertz CT molecular complexity index is 299. The smallest absolute Gasteiger partial charge is 0.129 e. The predicted octanol–water partition coefficient (Wildman–Crippen LogP) is 3.02. The van der Waals surface area contributed by atoms with Crippen molar-refractivity contribution in [2.75, 3.05) is 5.32 Å². The molecule has 1 N–H and O–H groups in total. The molecule has 0 aliphatic heterocycles. The molecule has 1 rings (SSSR count). The normalized spacial score (nSPS) is 14.7. The van der Waals surface area contributed by atoms with Gasteiger partial charge >= 0.3 is 0 Å². The lowest BCUT2D eigenvalue weighted by Crippen LogP contribution is -2.19. The molecule has 2 atom stereocenters. The van der Waals surface area contributed by atoms with E-state index in [1.54, 1.807) is 6.20 Å². The summed E-state index contributed by atoms with van der Waals surface area (Å²) < 4.78 is 0. The monoisotopic (exact) mass is 207 g/mol. The fraction of sp³-hybridized carbons (Fsp3) is 0.667. The topological polar surface area (TPSA) is 37.8 Å². The van der Waals surface area contributed by atoms with E-state index >= 15 is 0 Å². The largest absolute Gasteiger partial charge is 0.368 e. The van der Waals surface area contributed by atoms with Gasteiger partial charge in [-0.25, -0.2) is 9.97 Å². The van der Waals surface area contributed by atoms with Gasteiger partial charge in [0.05, 0.1) is 0 Å². The minimum atomic E-state index is 0.467. The van der Waals surface area contributed by atoms with Gasteiger partial charge in [-0.2, -0.15) is 0 Å². The Kier molecular flexibility index (Phi) is 4.53. The van der Waals surface area contributed by atoms with Gasteiger partial charge in [0, 0.05) is 12.2 Å². The van der Waals surface area contributed by atoms with Crippen LogP contribution in [0.1, 0.15) is 39.4 Å². The van der Waals surface area contributed by atoms with Gasteiger partial charge in [0.25, 0.3) is 0 Å². The lowest BCUT2D eigenvalue weighted by Gasteiger charge is -2.17. The van der Waals surface area contributed by atoms with Crippen LogP contribution < -0.4 is 5.32 Å². The first-order chi connectivity index (χ1) is 7.11. The van der Waals surface area contributed by atoms with Crippen LogP contribution in [-0.2, 0) is 0 Å². The van der Waals surface area contributed by atoms with E-state index in [1.807, 2.05) is 13.0 Å². The molecule has 1 heterocycles. The summed E-state index contributed by atoms with van der Waals surface area (Å²) in [6.45, 7) is 8.61. The van der Waals surface area contributed by atoms with Crippen LogP contribution in [0.15, 0.2) is 12.3 Å². The molecule has 0 aliphatic rings. The van der Waals surface area contributed by atoms with Crippen molar-refractivity contribution in [3.63, 3.8) is 0 Å². The van der Waals surface area contributed by atoms with Gasteiger partial charge in [-0.15, -0.1) is 0 Å². The SMILES string of the molecule is CCC(C)CC(C)Nc1ccnc(C)n1. The average molecular weight is 207 g/mol. The Labute approximate surface area is 92.3 Å². The summed E-state index contributed by atoms with van der Waals surface area (Å²) in [7, 11) is 0. The van der Waals surface area contributed by atoms with E-state index < -0.39 is 0 Å². The molecular weight excluding hydrogens is 186 g/mol. The Morgan fingerprint density at radius 3 is 2.73 bits per heavy atom. The molecule has 0 amide bonds. The molecule has 0 saturated heterocycles. The molecule has 0 saturated carbocycles. The minimum Gasteiger partial charge on any atom is -0.368 e. The third-order valence-corrected chi connectivity index (χ3v) is 2.62. The fourth-order valence-corrected chi connectivity index (χ4v) is 1.62. The Balaban J connectivity index is 2.47. The van der Waals surface area contributed by atoms with Crippen molar-refractivity contribution < 1.29 is 0 Å². The molecule has 3 heteroatoms. The maximum atomic E-state index is 4.32. The highest BCUT2D eigenvalue weighted by molar-refractivity contribution is 5.33. The molecular formula is C12H21N3. The van der Waals surface area contributed by atoms with Gasteiger partial charge < -0.3 is 5.32 Å². The summed E-state index contributed by atoms with van der Waals surface area (Å²) in [5.41, 5.74) is 0. The van der Waals surface area contributed by atoms with Gasteiger partial charge in [-0.05, 0) is 32.3 Å². The highest BCUT2D eigenvalue weighted by Gasteiger charge is 2.07. The predicted molar refractivity (Wildman–Crippen MR) is 63.9 cm³/mol. The minimum absolute atomic E-state index is 0.467. The summed E-state index contributed by atoms with van der Waals surface area (Å²) in [5.74, 6) is 2.50. The highest BCUT2D eigenvalue weighted by Crippen LogP contribution is 2.13. The molecule has 0 spiro atoms. The van der Waals surface area contributed by atoms with Crippen LogP contribution >= 0.6 is 0 Å². The van der Waals surface area contributed by atoms with Gasteiger partial charge in [-0.1, -0.05) is 20.3 Å². The van der Waals surface area contributed by atoms with E-state index in [-0.39, 0.29) is 0 Å². The zero-order valence-electron chi connectivity index (χ0n) is 10.1. The number of nitrogens with one attached hydrogen (secondary N) is 1. The third-order valence-electron chi connectivity index (χ3n) is 2.62. The number of nitrogens with zero attached hydrogens (tertiary/aromatic N) is 2. The summed E-state index contributed by atoms with van der Waals surface area (Å²) >= 11 is 0. The third kappa shape index (κ3) is 4.28. The molecule has 3 nitrogen and oxygen atoms in total. The molecule has 0 fully saturated rings. The molecule has 1 aromatic heterocycles. The van der Waals surface area contributed by atoms with Crippen LogP contribution in [0.4, 0.5) is 5.82 Å². The van der Waals surface area contributed by atoms with Crippen LogP contribution in [0.3, 0.4) is 0 Å². The van der Waals surface area contributed by atoms with Gasteiger partial charge in [0.2, 0.25) is 0 Å². The van der Waals surface area contributed by atoms with E-state index in [2.05, 4.69) is 36.1 Å². The first-order valence-corrected chi connectivity index (χ1v) is 5.68. The van der Waals surface area contributed by atoms with Crippen molar-refractivity contribution in [2.45, 2.75) is 46.6 Å². The fourth-order valence-electron chi connectivity index (χ4n) is 1.62. The molecule has 0 bridgehead atoms. The van der Waals surface area contributed by atoms with E-state index in [0.29, 0.717) is 6.04 Å². The lowest BCUT2D eigenvalue weighted by molar-refractivity contribution is 0.483. The molecule has 2 unspecified atom stereocenters. The zero-order chi connectivity index (χ0) is 11.3. The van der Waals surface area contributed by atoms with Crippen molar-refractivity contribution in [1.82, 2.24) is 9.97 Å². The second-order valence-electron chi connectivity index (χ2n) is 4.28. The van der Waals surface area contributed by atoms with Crippen LogP contribution in [0.25, 0.3) is 0 Å². The van der Waals surface area contributed by atoms with Crippen LogP contribution in [-0.4, -0.2) is 16.0 Å². The lowest BCUT2D eigenvalue weighted by atomic mass is 10.0. The van der Waals surface area contributed by atoms with Crippen LogP contribution in [0.5, 0.6) is 0 Å². The summed E-state index contributed by atoms with van der Waals surface area (Å²) in [6.07, 6.45) is 4.20. The second kappa shape index (κ2) is 5.69. The van der Waals surface area contributed by atoms with E-state index in [9.17, 15) is 0 Å². The average Bonchev–Trinajstić information content (AvgIpc) is 2.17. The maximum Gasteiger partial charge on any atom is 0.129 e. The number of rotatable bonds is 5. The molecule has 15 heavy (non-hydrogen) atoms. The number of hydrogen-bond acceptors (Lipinski definition) is 3. The highest BCUT2D eigenvalue weighted by atomic mass is 15.0. The van der Waals surface area contributed by atoms with Crippen LogP contribution in [0.2, 0.25) is 0 Å². The number of aromatic nitrogens is 2. The molecule has 0 aromatic carbocycles. The van der Waals surface area contributed by atoms with Gasteiger partial charge in [0.15, 0.2) is 0 Å². The molecule has 0 aliphatic carbocycles. The summed E-state index contributed by atoms with van der Waals surface area (Å²) in [6, 6.07) is 2.38. The Hall–Kier alpha value is -1.12. The van der Waals surface area contributed by atoms with E-state index in [0.717, 1.165) is 17.6 Å². The Morgan fingerprint density at radius 1 is 1.40 bits per heavy atom. The molecule has 0 radical (unpaired) electrons. The van der Waals surface area contributed by atoms with Crippen molar-refractivity contribution in [2.24, 2.45) is 5.92 Å². The number of aryl methyl sites for hydroxylation is 1. The summed E-state index contributed by atoms with van der Waals surface area (Å²) in [5, 5.41) is 3.40. The standard InChI is InChI=1S/C12H21N3/c1-5-9(2)8-10(3)14-12-6-7-13-11(4)15-12/h6-7,9-10H,5,8H2,1-4H3,(H,13,14,15). The van der Waals surface area contributed by atoms with Crippen molar-refractivity contribution in [3.05, 3.63) is 18.1 Å². The molecule has 84 valence electrons. The van der Waals surface area contributed by atoms with Gasteiger partial charge in [0.1, 0.15) is 11.6 Å². The van der Waals surface area contributed by atoms with Crippen molar-refractivity contribution in [1.29, 1.82) is 0 Å². The van der Waals surface area contributed by atoms with Gasteiger partial charge in [-0.3, -0.25) is 0 Å². The number of anilines is 1. The second-order valence-corrected chi connectivity index (χ2v) is 4.28. The first-order valence-electron chi connectivity index (χ1n) is 5.68. The quantitative estimate of drug-likeness (QED) is 0.806. The zero-order valence-corrected chi connectivity index (χ0v) is 10.1. The molecule has 1 aromatic rings. The van der Waals surface area contributed by atoms with Crippen molar-refractivity contribution >= 4 is 5.82 Å². The van der Waals surface area contributed by atoms with E-state index in [4.69, 9.17) is 0 Å². The number of hydrogen-bond donors (Lipinski definition) is 1. The Morgan fingerprint density at radius 2 is 2.13 bits per heavy atom. The maximum absolute atomic E-state index is 4.32. The first kappa shape index (κ1) is 12.0. The van der Waals surface area contributed by atoms with Crippen molar-refractivity contribution in [3.8, 4) is 0 Å². The summed E-state index contributed by atoms with van der Waals surface area (Å²) in [4.78, 5) is 8.40. The van der Waals surface area contributed by atoms with E-state index in [1.165, 1.54) is 12.8 Å². The van der Waals surface area contributed by atoms with Crippen LogP contribution in [0, 0.1) is 12.8 Å².